The molecule has 2 aromatic carbocycles. The average Bonchev–Trinajstić information content (AvgIpc) is 2.88. The summed E-state index contributed by atoms with van der Waals surface area (Å²) in [6, 6.07) is 13.0. The lowest BCUT2D eigenvalue weighted by Gasteiger charge is -2.28. The second-order valence-electron chi connectivity index (χ2n) is 8.01. The number of para-hydroxylation sites is 1. The van der Waals surface area contributed by atoms with Crippen molar-refractivity contribution >= 4 is 23.4 Å². The second-order valence-corrected chi connectivity index (χ2v) is 8.97. The molecule has 0 unspecified atom stereocenters. The monoisotopic (exact) mass is 496 g/mol. The van der Waals surface area contributed by atoms with E-state index >= 15 is 0 Å². The first kappa shape index (κ1) is 24.6. The molecule has 1 aliphatic rings. The summed E-state index contributed by atoms with van der Waals surface area (Å²) in [5.41, 5.74) is 2.93. The first-order valence-corrected chi connectivity index (χ1v) is 12.1. The zero-order valence-corrected chi connectivity index (χ0v) is 20.7. The van der Waals surface area contributed by atoms with Crippen LogP contribution in [0.25, 0.3) is 0 Å². The van der Waals surface area contributed by atoms with Gasteiger partial charge in [0.2, 0.25) is 5.91 Å². The molecule has 0 saturated heterocycles. The van der Waals surface area contributed by atoms with Gasteiger partial charge in [-0.25, -0.2) is 4.98 Å². The fourth-order valence-corrected chi connectivity index (χ4v) is 4.63. The number of aromatic nitrogens is 2. The number of amides is 1. The van der Waals surface area contributed by atoms with Crippen LogP contribution in [0.4, 0.5) is 5.69 Å². The number of methoxy groups -OCH3 is 3. The molecule has 184 valence electrons. The first-order valence-electron chi connectivity index (χ1n) is 11.1. The lowest BCUT2D eigenvalue weighted by atomic mass is 10.1. The molecular weight excluding hydrogens is 468 g/mol. The van der Waals surface area contributed by atoms with Crippen LogP contribution in [0.3, 0.4) is 0 Å². The van der Waals surface area contributed by atoms with Crippen LogP contribution in [0.2, 0.25) is 0 Å². The minimum atomic E-state index is -0.228. The number of H-pyrrole nitrogens is 1. The maximum absolute atomic E-state index is 12.8. The van der Waals surface area contributed by atoms with Crippen molar-refractivity contribution < 1.29 is 19.0 Å². The van der Waals surface area contributed by atoms with Gasteiger partial charge >= 0.3 is 0 Å². The molecule has 2 N–H and O–H groups in total. The molecule has 0 bridgehead atoms. The number of rotatable bonds is 9. The highest BCUT2D eigenvalue weighted by molar-refractivity contribution is 7.99. The van der Waals surface area contributed by atoms with E-state index in [0.29, 0.717) is 47.4 Å². The van der Waals surface area contributed by atoms with Crippen LogP contribution >= 0.6 is 11.8 Å². The van der Waals surface area contributed by atoms with Gasteiger partial charge < -0.3 is 24.5 Å². The largest absolute Gasteiger partial charge is 0.497 e. The predicted octanol–water partition coefficient (Wildman–Crippen LogP) is 3.08. The Labute approximate surface area is 207 Å². The molecule has 1 aromatic heterocycles. The van der Waals surface area contributed by atoms with Crippen LogP contribution in [0.1, 0.15) is 16.8 Å². The average molecular weight is 497 g/mol. The van der Waals surface area contributed by atoms with E-state index in [-0.39, 0.29) is 17.2 Å². The molecule has 0 spiro atoms. The Hall–Kier alpha value is -3.50. The summed E-state index contributed by atoms with van der Waals surface area (Å²) >= 11 is 1.19. The van der Waals surface area contributed by atoms with Gasteiger partial charge in [0.25, 0.3) is 5.56 Å². The molecule has 0 saturated carbocycles. The van der Waals surface area contributed by atoms with Crippen LogP contribution < -0.4 is 25.1 Å². The maximum Gasteiger partial charge on any atom is 0.256 e. The third kappa shape index (κ3) is 6.14. The van der Waals surface area contributed by atoms with Gasteiger partial charge in [0.15, 0.2) is 5.16 Å². The summed E-state index contributed by atoms with van der Waals surface area (Å²) in [5, 5.41) is 3.26. The molecule has 1 amide bonds. The molecule has 3 aromatic rings. The van der Waals surface area contributed by atoms with E-state index in [1.54, 1.807) is 39.5 Å². The minimum Gasteiger partial charge on any atom is -0.497 e. The summed E-state index contributed by atoms with van der Waals surface area (Å²) in [5.74, 6) is 1.86. The number of anilines is 1. The summed E-state index contributed by atoms with van der Waals surface area (Å²) in [6.45, 7) is 1.98. The van der Waals surface area contributed by atoms with E-state index in [4.69, 9.17) is 14.2 Å². The highest BCUT2D eigenvalue weighted by atomic mass is 32.2. The van der Waals surface area contributed by atoms with Crippen molar-refractivity contribution in [2.75, 3.05) is 38.9 Å². The summed E-state index contributed by atoms with van der Waals surface area (Å²) in [7, 11) is 4.75. The van der Waals surface area contributed by atoms with Crippen molar-refractivity contribution in [2.24, 2.45) is 0 Å². The van der Waals surface area contributed by atoms with Crippen molar-refractivity contribution in [3.63, 3.8) is 0 Å². The van der Waals surface area contributed by atoms with E-state index in [1.165, 1.54) is 11.8 Å². The van der Waals surface area contributed by atoms with Gasteiger partial charge in [-0.1, -0.05) is 30.0 Å². The molecule has 0 radical (unpaired) electrons. The van der Waals surface area contributed by atoms with Gasteiger partial charge in [-0.2, -0.15) is 0 Å². The van der Waals surface area contributed by atoms with Crippen LogP contribution in [-0.2, 0) is 24.3 Å². The Morgan fingerprint density at radius 3 is 2.57 bits per heavy atom. The van der Waals surface area contributed by atoms with Crippen LogP contribution in [0.15, 0.2) is 52.4 Å². The van der Waals surface area contributed by atoms with E-state index < -0.39 is 0 Å². The first-order chi connectivity index (χ1) is 17.0. The van der Waals surface area contributed by atoms with Crippen LogP contribution in [0.5, 0.6) is 17.2 Å². The van der Waals surface area contributed by atoms with Gasteiger partial charge in [-0.15, -0.1) is 0 Å². The molecular formula is C25H28N4O5S. The zero-order chi connectivity index (χ0) is 24.8. The number of hydrogen-bond donors (Lipinski definition) is 2. The van der Waals surface area contributed by atoms with Gasteiger partial charge in [-0.3, -0.25) is 14.5 Å². The van der Waals surface area contributed by atoms with Gasteiger partial charge in [0.1, 0.15) is 17.2 Å². The normalized spacial score (nSPS) is 13.1. The highest BCUT2D eigenvalue weighted by Crippen LogP contribution is 2.26. The maximum atomic E-state index is 12.8. The highest BCUT2D eigenvalue weighted by Gasteiger charge is 2.22. The topological polar surface area (TPSA) is 106 Å². The molecule has 9 nitrogen and oxygen atoms in total. The smallest absolute Gasteiger partial charge is 0.256 e. The molecule has 0 fully saturated rings. The van der Waals surface area contributed by atoms with E-state index in [1.807, 2.05) is 24.3 Å². The van der Waals surface area contributed by atoms with Crippen LogP contribution in [0, 0.1) is 0 Å². The van der Waals surface area contributed by atoms with E-state index in [0.717, 1.165) is 23.6 Å². The Morgan fingerprint density at radius 2 is 1.86 bits per heavy atom. The Morgan fingerprint density at radius 1 is 1.11 bits per heavy atom. The van der Waals surface area contributed by atoms with Crippen molar-refractivity contribution in [3.8, 4) is 17.2 Å². The minimum absolute atomic E-state index is 0.0984. The van der Waals surface area contributed by atoms with Gasteiger partial charge in [-0.05, 0) is 6.07 Å². The Balaban J connectivity index is 1.38. The van der Waals surface area contributed by atoms with Crippen LogP contribution in [-0.4, -0.2) is 54.4 Å². The third-order valence-electron chi connectivity index (χ3n) is 5.69. The molecule has 1 aliphatic heterocycles. The fraction of sp³-hybridized carbons (Fsp3) is 0.320. The molecule has 35 heavy (non-hydrogen) atoms. The van der Waals surface area contributed by atoms with Crippen molar-refractivity contribution in [1.82, 2.24) is 14.9 Å². The number of nitrogens with one attached hydrogen (secondary N) is 2. The van der Waals surface area contributed by atoms with Crippen molar-refractivity contribution in [3.05, 3.63) is 69.6 Å². The molecule has 4 rings (SSSR count). The zero-order valence-electron chi connectivity index (χ0n) is 19.9. The van der Waals surface area contributed by atoms with Gasteiger partial charge in [0, 0.05) is 55.5 Å². The molecule has 2 heterocycles. The third-order valence-corrected chi connectivity index (χ3v) is 6.56. The number of carbonyl (C=O) groups excluding carboxylic acids is 1. The number of aromatic amines is 1. The number of benzene rings is 2. The molecule has 0 aliphatic carbocycles. The Kier molecular flexibility index (Phi) is 7.94. The lowest BCUT2D eigenvalue weighted by molar-refractivity contribution is -0.113. The predicted molar refractivity (Wildman–Crippen MR) is 135 cm³/mol. The summed E-state index contributed by atoms with van der Waals surface area (Å²) in [4.78, 5) is 34.9. The summed E-state index contributed by atoms with van der Waals surface area (Å²) < 4.78 is 15.9. The second kappa shape index (κ2) is 11.3. The van der Waals surface area contributed by atoms with E-state index in [9.17, 15) is 9.59 Å². The standard InChI is InChI=1S/C25H28N4O5S/c1-32-18-10-17(11-19(12-18)33-2)26-23(30)15-35-25-27-21-8-9-29(14-20(21)24(31)28-25)13-16-6-4-5-7-22(16)34-3/h4-7,10-12H,8-9,13-15H2,1-3H3,(H,26,30)(H,27,28,31). The lowest BCUT2D eigenvalue weighted by Crippen LogP contribution is -2.35. The number of fused-ring (bicyclic) bond motifs is 1. The quantitative estimate of drug-likeness (QED) is 0.344. The van der Waals surface area contributed by atoms with Crippen molar-refractivity contribution in [1.29, 1.82) is 0 Å². The fourth-order valence-electron chi connectivity index (χ4n) is 3.95. The SMILES string of the molecule is COc1cc(NC(=O)CSc2nc3c(c(=O)[nH]2)CN(Cc2ccccc2OC)CC3)cc(OC)c1. The molecule has 10 heteroatoms. The number of nitrogens with zero attached hydrogens (tertiary/aromatic N) is 2. The summed E-state index contributed by atoms with van der Waals surface area (Å²) in [6.07, 6.45) is 0.664. The van der Waals surface area contributed by atoms with E-state index in [2.05, 4.69) is 20.2 Å². The number of thioether (sulfide) groups is 1. The number of ether oxygens (including phenoxy) is 3. The van der Waals surface area contributed by atoms with Gasteiger partial charge in [0.05, 0.1) is 38.3 Å². The Bertz CT molecular complexity index is 1240. The number of hydrogen-bond acceptors (Lipinski definition) is 8. The van der Waals surface area contributed by atoms with Crippen molar-refractivity contribution in [2.45, 2.75) is 24.7 Å². The molecule has 0 atom stereocenters. The number of carbonyl (C=O) groups is 1.